The van der Waals surface area contributed by atoms with Gasteiger partial charge in [0.15, 0.2) is 5.65 Å². The molecule has 4 aromatic rings. The Bertz CT molecular complexity index is 1550. The van der Waals surface area contributed by atoms with E-state index in [1.54, 1.807) is 18.6 Å². The Labute approximate surface area is 308 Å². The monoisotopic (exact) mass is 724 g/mol. The maximum atomic E-state index is 13.0. The average molecular weight is 725 g/mol. The molecule has 1 fully saturated rings. The van der Waals surface area contributed by atoms with Gasteiger partial charge in [-0.1, -0.05) is 57.8 Å². The van der Waals surface area contributed by atoms with E-state index in [1.165, 1.54) is 0 Å². The number of ether oxygens (including phenoxy) is 2. The van der Waals surface area contributed by atoms with Gasteiger partial charge in [0, 0.05) is 38.4 Å². The van der Waals surface area contributed by atoms with Gasteiger partial charge in [-0.15, -0.1) is 0 Å². The van der Waals surface area contributed by atoms with Crippen molar-refractivity contribution >= 4 is 29.8 Å². The fraction of sp³-hybridized carbons (Fsp3) is 0.553. The molecule has 1 aliphatic carbocycles. The number of anilines is 2. The zero-order valence-corrected chi connectivity index (χ0v) is 32.2. The van der Waals surface area contributed by atoms with Crippen molar-refractivity contribution < 1.29 is 28.7 Å². The SMILES string of the molecule is C/C=C\C.C=O.CC.CC.Cc1cc(NC(=O)Nc2cnc3ccnn3c2C2CCCC2)cnc1-c1noc(COCCCOCCCCCO)n1. The summed E-state index contributed by atoms with van der Waals surface area (Å²) < 4.78 is 18.3. The van der Waals surface area contributed by atoms with Crippen molar-refractivity contribution in [3.8, 4) is 11.5 Å². The Morgan fingerprint density at radius 2 is 1.67 bits per heavy atom. The number of aromatic nitrogens is 6. The number of nitrogens with zero attached hydrogens (tertiary/aromatic N) is 6. The van der Waals surface area contributed by atoms with Gasteiger partial charge in [-0.2, -0.15) is 10.1 Å². The quantitative estimate of drug-likeness (QED) is 0.0793. The molecule has 0 atom stereocenters. The summed E-state index contributed by atoms with van der Waals surface area (Å²) in [5, 5.41) is 23.1. The van der Waals surface area contributed by atoms with E-state index in [9.17, 15) is 4.79 Å². The Balaban J connectivity index is 0.00000123. The number of hydrogen-bond acceptors (Lipinski definition) is 11. The van der Waals surface area contributed by atoms with Gasteiger partial charge in [0.05, 0.1) is 35.7 Å². The smallest absolute Gasteiger partial charge is 0.323 e. The van der Waals surface area contributed by atoms with Crippen LogP contribution in [-0.4, -0.2) is 74.1 Å². The zero-order valence-electron chi connectivity index (χ0n) is 32.2. The number of aliphatic hydroxyl groups is 1. The first kappa shape index (κ1) is 45.5. The third-order valence-corrected chi connectivity index (χ3v) is 7.54. The van der Waals surface area contributed by atoms with Gasteiger partial charge in [-0.25, -0.2) is 14.3 Å². The van der Waals surface area contributed by atoms with E-state index in [4.69, 9.17) is 23.9 Å². The van der Waals surface area contributed by atoms with Crippen LogP contribution in [0.1, 0.15) is 116 Å². The van der Waals surface area contributed by atoms with E-state index < -0.39 is 0 Å². The highest BCUT2D eigenvalue weighted by Crippen LogP contribution is 2.37. The van der Waals surface area contributed by atoms with Gasteiger partial charge in [0.2, 0.25) is 5.82 Å². The lowest BCUT2D eigenvalue weighted by molar-refractivity contribution is -0.0980. The summed E-state index contributed by atoms with van der Waals surface area (Å²) in [6.07, 6.45) is 16.9. The van der Waals surface area contributed by atoms with Gasteiger partial charge in [-0.05, 0) is 70.9 Å². The number of aliphatic hydroxyl groups excluding tert-OH is 1. The highest BCUT2D eigenvalue weighted by Gasteiger charge is 2.25. The van der Waals surface area contributed by atoms with E-state index in [2.05, 4.69) is 35.8 Å². The first-order chi connectivity index (χ1) is 25.5. The molecule has 0 unspecified atom stereocenters. The van der Waals surface area contributed by atoms with Crippen molar-refractivity contribution in [2.45, 2.75) is 112 Å². The van der Waals surface area contributed by atoms with Crippen molar-refractivity contribution in [2.75, 3.05) is 37.1 Å². The molecule has 1 aliphatic rings. The van der Waals surface area contributed by atoms with Crippen LogP contribution in [0.3, 0.4) is 0 Å². The molecule has 5 rings (SSSR count). The Morgan fingerprint density at radius 3 is 2.35 bits per heavy atom. The highest BCUT2D eigenvalue weighted by molar-refractivity contribution is 6.00. The molecule has 14 heteroatoms. The molecule has 14 nitrogen and oxygen atoms in total. The van der Waals surface area contributed by atoms with Crippen LogP contribution in [0.15, 0.2) is 47.4 Å². The van der Waals surface area contributed by atoms with Gasteiger partial charge in [0.1, 0.15) is 19.1 Å². The summed E-state index contributed by atoms with van der Waals surface area (Å²) >= 11 is 0. The number of pyridine rings is 1. The summed E-state index contributed by atoms with van der Waals surface area (Å²) in [6, 6.07) is 3.29. The van der Waals surface area contributed by atoms with E-state index in [0.29, 0.717) is 54.5 Å². The summed E-state index contributed by atoms with van der Waals surface area (Å²) in [5.74, 6) is 1.04. The lowest BCUT2D eigenvalue weighted by atomic mass is 10.0. The van der Waals surface area contributed by atoms with Crippen LogP contribution in [0.5, 0.6) is 0 Å². The third-order valence-electron chi connectivity index (χ3n) is 7.54. The molecule has 0 radical (unpaired) electrons. The highest BCUT2D eigenvalue weighted by atomic mass is 16.5. The summed E-state index contributed by atoms with van der Waals surface area (Å²) in [4.78, 5) is 34.3. The summed E-state index contributed by atoms with van der Waals surface area (Å²) in [7, 11) is 0. The molecule has 3 N–H and O–H groups in total. The number of amides is 2. The van der Waals surface area contributed by atoms with Crippen molar-refractivity contribution in [3.05, 3.63) is 60.0 Å². The van der Waals surface area contributed by atoms with Crippen molar-refractivity contribution in [1.82, 2.24) is 29.7 Å². The van der Waals surface area contributed by atoms with Crippen LogP contribution in [-0.2, 0) is 20.9 Å². The second-order valence-corrected chi connectivity index (χ2v) is 11.1. The number of nitrogens with one attached hydrogen (secondary N) is 2. The minimum Gasteiger partial charge on any atom is -0.396 e. The fourth-order valence-corrected chi connectivity index (χ4v) is 5.17. The maximum Gasteiger partial charge on any atom is 0.323 e. The molecule has 1 saturated carbocycles. The predicted molar refractivity (Wildman–Crippen MR) is 205 cm³/mol. The number of allylic oxidation sites excluding steroid dienone is 2. The number of aryl methyl sites for hydroxylation is 1. The van der Waals surface area contributed by atoms with E-state index >= 15 is 0 Å². The molecule has 52 heavy (non-hydrogen) atoms. The first-order valence-corrected chi connectivity index (χ1v) is 18.4. The average Bonchev–Trinajstić information content (AvgIpc) is 3.98. The predicted octanol–water partition coefficient (Wildman–Crippen LogP) is 8.32. The number of hydrogen-bond donors (Lipinski definition) is 3. The van der Waals surface area contributed by atoms with Crippen LogP contribution < -0.4 is 10.6 Å². The number of unbranched alkanes of at least 4 members (excludes halogenated alkanes) is 2. The third kappa shape index (κ3) is 15.4. The Hall–Kier alpha value is -4.53. The number of carbonyl (C=O) groups excluding carboxylic acids is 2. The van der Waals surface area contributed by atoms with Crippen molar-refractivity contribution in [1.29, 1.82) is 0 Å². The number of urea groups is 1. The van der Waals surface area contributed by atoms with E-state index in [1.807, 2.05) is 84.1 Å². The molecule has 0 saturated heterocycles. The van der Waals surface area contributed by atoms with Crippen molar-refractivity contribution in [3.63, 3.8) is 0 Å². The minimum absolute atomic E-state index is 0.199. The zero-order chi connectivity index (χ0) is 38.6. The maximum absolute atomic E-state index is 13.0. The van der Waals surface area contributed by atoms with E-state index in [0.717, 1.165) is 68.3 Å². The molecule has 0 aromatic carbocycles. The summed E-state index contributed by atoms with van der Waals surface area (Å²) in [5.41, 5.74) is 4.28. The molecule has 0 spiro atoms. The number of fused-ring (bicyclic) bond motifs is 1. The molecule has 4 aromatic heterocycles. The summed E-state index contributed by atoms with van der Waals surface area (Å²) in [6.45, 7) is 18.1. The second kappa shape index (κ2) is 28.1. The molecule has 288 valence electrons. The van der Waals surface area contributed by atoms with Crippen LogP contribution in [0.4, 0.5) is 16.2 Å². The van der Waals surface area contributed by atoms with Crippen molar-refractivity contribution in [2.24, 2.45) is 0 Å². The largest absolute Gasteiger partial charge is 0.396 e. The topological polar surface area (TPSA) is 179 Å². The lowest BCUT2D eigenvalue weighted by Crippen LogP contribution is -2.22. The molecule has 0 aliphatic heterocycles. The minimum atomic E-state index is -0.386. The van der Waals surface area contributed by atoms with Crippen LogP contribution >= 0.6 is 0 Å². The lowest BCUT2D eigenvalue weighted by Gasteiger charge is -2.17. The van der Waals surface area contributed by atoms with Gasteiger partial charge >= 0.3 is 6.03 Å². The Kier molecular flexibility index (Phi) is 24.6. The van der Waals surface area contributed by atoms with Crippen LogP contribution in [0.2, 0.25) is 0 Å². The van der Waals surface area contributed by atoms with Gasteiger partial charge in [-0.3, -0.25) is 4.98 Å². The number of carbonyl (C=O) groups is 2. The Morgan fingerprint density at radius 1 is 0.981 bits per heavy atom. The van der Waals surface area contributed by atoms with Gasteiger partial charge in [0.25, 0.3) is 5.89 Å². The fourth-order valence-electron chi connectivity index (χ4n) is 5.17. The molecular formula is C38H60N8O6. The molecular weight excluding hydrogens is 664 g/mol. The standard InChI is InChI=1S/C29H38N8O5.C4H8.2C2H6.CH2O/c1-20-16-22(33-29(39)34-23-18-30-24-10-11-32-37(24)27(23)21-8-3-4-9-21)17-31-26(20)28-35-25(42-36-28)19-41-15-7-14-40-13-6-2-5-12-38;1-3-4-2;3*1-2/h10-11,16-18,21,38H,2-9,12-15,19H2,1H3,(H2,33,34,39);3-4H,1-2H3;2*1-2H3;1H2/b;4-3-;;;. The van der Waals surface area contributed by atoms with Crippen LogP contribution in [0, 0.1) is 6.92 Å². The normalized spacial score (nSPS) is 12.1. The first-order valence-electron chi connectivity index (χ1n) is 18.4. The molecule has 4 heterocycles. The van der Waals surface area contributed by atoms with E-state index in [-0.39, 0.29) is 19.2 Å². The number of rotatable bonds is 15. The van der Waals surface area contributed by atoms with Gasteiger partial charge < -0.3 is 34.5 Å². The molecule has 0 bridgehead atoms. The second-order valence-electron chi connectivity index (χ2n) is 11.1. The molecule has 2 amide bonds. The van der Waals surface area contributed by atoms with Crippen LogP contribution in [0.25, 0.3) is 17.2 Å².